The van der Waals surface area contributed by atoms with Crippen molar-refractivity contribution in [2.75, 3.05) is 26.2 Å². The molecule has 7 nitrogen and oxygen atoms in total. The standard InChI is InChI=1S/C28H28N2O.C2H2O4/c1-2-12-26(13-3-1)31-27-14-6-8-23(20-27)21-29-16-18-30(19-17-29)22-25-11-7-10-24-9-4-5-15-28(24)25;3-1(4)2(5)6/h1-15,20H,16-19,21-22H2;(H,3,4)(H,5,6). The number of para-hydroxylation sites is 1. The van der Waals surface area contributed by atoms with E-state index >= 15 is 0 Å². The van der Waals surface area contributed by atoms with Gasteiger partial charge in [-0.2, -0.15) is 0 Å². The summed E-state index contributed by atoms with van der Waals surface area (Å²) in [6, 6.07) is 33.8. The maximum absolute atomic E-state index is 9.10. The van der Waals surface area contributed by atoms with Gasteiger partial charge >= 0.3 is 11.9 Å². The third-order valence-corrected chi connectivity index (χ3v) is 6.21. The number of piperazine rings is 1. The second kappa shape index (κ2) is 12.7. The van der Waals surface area contributed by atoms with Crippen LogP contribution in [-0.2, 0) is 22.7 Å². The average molecular weight is 499 g/mol. The molecule has 4 aromatic rings. The Morgan fingerprint density at radius 3 is 1.92 bits per heavy atom. The summed E-state index contributed by atoms with van der Waals surface area (Å²) in [7, 11) is 0. The van der Waals surface area contributed by atoms with E-state index in [2.05, 4.69) is 70.5 Å². The summed E-state index contributed by atoms with van der Waals surface area (Å²) in [5.74, 6) is -1.87. The Kier molecular flexibility index (Phi) is 8.86. The van der Waals surface area contributed by atoms with Crippen LogP contribution in [0.3, 0.4) is 0 Å². The van der Waals surface area contributed by atoms with E-state index in [0.29, 0.717) is 0 Å². The van der Waals surface area contributed by atoms with Crippen LogP contribution in [0.25, 0.3) is 10.8 Å². The van der Waals surface area contributed by atoms with Crippen LogP contribution >= 0.6 is 0 Å². The number of ether oxygens (including phenoxy) is 1. The first kappa shape index (κ1) is 25.9. The lowest BCUT2D eigenvalue weighted by atomic mass is 10.0. The van der Waals surface area contributed by atoms with Gasteiger partial charge in [0.15, 0.2) is 0 Å². The van der Waals surface area contributed by atoms with Crippen LogP contribution in [-0.4, -0.2) is 58.1 Å². The molecule has 0 amide bonds. The summed E-state index contributed by atoms with van der Waals surface area (Å²) in [6.07, 6.45) is 0. The first-order valence-corrected chi connectivity index (χ1v) is 12.2. The fraction of sp³-hybridized carbons (Fsp3) is 0.200. The summed E-state index contributed by atoms with van der Waals surface area (Å²) < 4.78 is 6.00. The molecule has 5 rings (SSSR count). The number of nitrogens with zero attached hydrogens (tertiary/aromatic N) is 2. The molecule has 1 fully saturated rings. The highest BCUT2D eigenvalue weighted by atomic mass is 16.5. The number of hydrogen-bond acceptors (Lipinski definition) is 5. The average Bonchev–Trinajstić information content (AvgIpc) is 2.91. The predicted molar refractivity (Wildman–Crippen MR) is 143 cm³/mol. The molecule has 37 heavy (non-hydrogen) atoms. The molecule has 190 valence electrons. The Balaban J connectivity index is 0.000000480. The quantitative estimate of drug-likeness (QED) is 0.357. The molecule has 0 spiro atoms. The Hall–Kier alpha value is -4.20. The van der Waals surface area contributed by atoms with E-state index in [1.54, 1.807) is 0 Å². The van der Waals surface area contributed by atoms with E-state index in [1.165, 1.54) is 21.9 Å². The largest absolute Gasteiger partial charge is 0.473 e. The molecule has 2 N–H and O–H groups in total. The monoisotopic (exact) mass is 498 g/mol. The Morgan fingerprint density at radius 2 is 1.22 bits per heavy atom. The SMILES string of the molecule is O=C(O)C(=O)O.c1ccc(Oc2cccc(CN3CCN(Cc4cccc5ccccc45)CC3)c2)cc1. The van der Waals surface area contributed by atoms with Crippen LogP contribution in [0, 0.1) is 0 Å². The third-order valence-electron chi connectivity index (χ3n) is 6.21. The molecule has 0 bridgehead atoms. The Labute approximate surface area is 216 Å². The lowest BCUT2D eigenvalue weighted by Crippen LogP contribution is -2.45. The zero-order valence-electron chi connectivity index (χ0n) is 20.5. The predicted octanol–water partition coefficient (Wildman–Crippen LogP) is 5.11. The number of carboxylic acids is 2. The summed E-state index contributed by atoms with van der Waals surface area (Å²) in [4.78, 5) is 23.3. The zero-order chi connectivity index (χ0) is 26.0. The van der Waals surface area contributed by atoms with Crippen molar-refractivity contribution in [2.24, 2.45) is 0 Å². The van der Waals surface area contributed by atoms with Crippen molar-refractivity contribution >= 4 is 22.7 Å². The van der Waals surface area contributed by atoms with Gasteiger partial charge in [0, 0.05) is 39.3 Å². The molecule has 0 unspecified atom stereocenters. The Morgan fingerprint density at radius 1 is 0.649 bits per heavy atom. The van der Waals surface area contributed by atoms with E-state index in [1.807, 2.05) is 36.4 Å². The highest BCUT2D eigenvalue weighted by Crippen LogP contribution is 2.23. The van der Waals surface area contributed by atoms with E-state index in [0.717, 1.165) is 50.8 Å². The van der Waals surface area contributed by atoms with Gasteiger partial charge in [-0.15, -0.1) is 0 Å². The molecule has 0 saturated carbocycles. The first-order chi connectivity index (χ1) is 18.0. The summed E-state index contributed by atoms with van der Waals surface area (Å²) in [5.41, 5.74) is 2.73. The molecular formula is C30H30N2O5. The number of hydrogen-bond donors (Lipinski definition) is 2. The van der Waals surface area contributed by atoms with Crippen LogP contribution in [0.5, 0.6) is 11.5 Å². The van der Waals surface area contributed by atoms with Crippen LogP contribution in [0.2, 0.25) is 0 Å². The molecule has 1 aliphatic heterocycles. The van der Waals surface area contributed by atoms with Gasteiger partial charge in [0.25, 0.3) is 0 Å². The molecule has 4 aromatic carbocycles. The molecule has 0 radical (unpaired) electrons. The van der Waals surface area contributed by atoms with Gasteiger partial charge in [-0.3, -0.25) is 9.80 Å². The first-order valence-electron chi connectivity index (χ1n) is 12.2. The fourth-order valence-corrected chi connectivity index (χ4v) is 4.37. The van der Waals surface area contributed by atoms with Crippen molar-refractivity contribution in [3.8, 4) is 11.5 Å². The number of carbonyl (C=O) groups is 2. The van der Waals surface area contributed by atoms with Gasteiger partial charge in [0.05, 0.1) is 0 Å². The maximum Gasteiger partial charge on any atom is 0.414 e. The lowest BCUT2D eigenvalue weighted by molar-refractivity contribution is -0.159. The summed E-state index contributed by atoms with van der Waals surface area (Å²) in [6.45, 7) is 6.37. The maximum atomic E-state index is 9.10. The summed E-state index contributed by atoms with van der Waals surface area (Å²) >= 11 is 0. The number of rotatable bonds is 6. The normalized spacial score (nSPS) is 13.9. The smallest absolute Gasteiger partial charge is 0.414 e. The lowest BCUT2D eigenvalue weighted by Gasteiger charge is -2.35. The van der Waals surface area contributed by atoms with Gasteiger partial charge in [0.1, 0.15) is 11.5 Å². The van der Waals surface area contributed by atoms with E-state index < -0.39 is 11.9 Å². The van der Waals surface area contributed by atoms with Gasteiger partial charge in [-0.25, -0.2) is 9.59 Å². The van der Waals surface area contributed by atoms with Crippen molar-refractivity contribution < 1.29 is 24.5 Å². The van der Waals surface area contributed by atoms with Gasteiger partial charge in [-0.1, -0.05) is 72.8 Å². The third kappa shape index (κ3) is 7.64. The van der Waals surface area contributed by atoms with Crippen molar-refractivity contribution in [2.45, 2.75) is 13.1 Å². The molecule has 0 atom stereocenters. The molecule has 0 aliphatic carbocycles. The minimum absolute atomic E-state index is 0.877. The van der Waals surface area contributed by atoms with Crippen molar-refractivity contribution in [3.05, 3.63) is 108 Å². The molecule has 7 heteroatoms. The molecule has 1 heterocycles. The zero-order valence-corrected chi connectivity index (χ0v) is 20.5. The van der Waals surface area contributed by atoms with Crippen LogP contribution in [0.4, 0.5) is 0 Å². The van der Waals surface area contributed by atoms with E-state index in [4.69, 9.17) is 24.5 Å². The van der Waals surface area contributed by atoms with Crippen LogP contribution < -0.4 is 4.74 Å². The van der Waals surface area contributed by atoms with Crippen molar-refractivity contribution in [1.29, 1.82) is 0 Å². The van der Waals surface area contributed by atoms with E-state index in [9.17, 15) is 0 Å². The summed E-state index contributed by atoms with van der Waals surface area (Å²) in [5, 5.41) is 17.5. The molecule has 0 aromatic heterocycles. The second-order valence-corrected chi connectivity index (χ2v) is 8.86. The molecule has 1 aliphatic rings. The number of aliphatic carboxylic acids is 2. The minimum atomic E-state index is -1.82. The number of fused-ring (bicyclic) bond motifs is 1. The van der Waals surface area contributed by atoms with Gasteiger partial charge in [0.2, 0.25) is 0 Å². The second-order valence-electron chi connectivity index (χ2n) is 8.86. The molecule has 1 saturated heterocycles. The fourth-order valence-electron chi connectivity index (χ4n) is 4.37. The number of benzene rings is 4. The van der Waals surface area contributed by atoms with E-state index in [-0.39, 0.29) is 0 Å². The topological polar surface area (TPSA) is 90.3 Å². The Bertz CT molecular complexity index is 1320. The van der Waals surface area contributed by atoms with Crippen LogP contribution in [0.15, 0.2) is 97.1 Å². The van der Waals surface area contributed by atoms with Gasteiger partial charge in [-0.05, 0) is 46.2 Å². The molecular weight excluding hydrogens is 468 g/mol. The van der Waals surface area contributed by atoms with Gasteiger partial charge < -0.3 is 14.9 Å². The van der Waals surface area contributed by atoms with Crippen molar-refractivity contribution in [3.63, 3.8) is 0 Å². The van der Waals surface area contributed by atoms with Crippen LogP contribution in [0.1, 0.15) is 11.1 Å². The minimum Gasteiger partial charge on any atom is -0.473 e. The number of carboxylic acid groups (broad SMARTS) is 2. The highest BCUT2D eigenvalue weighted by Gasteiger charge is 2.18. The highest BCUT2D eigenvalue weighted by molar-refractivity contribution is 6.27. The van der Waals surface area contributed by atoms with Crippen molar-refractivity contribution in [1.82, 2.24) is 9.80 Å².